The highest BCUT2D eigenvalue weighted by Gasteiger charge is 2.23. The number of aromatic nitrogens is 1. The number of thiophene rings is 1. The van der Waals surface area contributed by atoms with Crippen molar-refractivity contribution in [2.45, 2.75) is 19.3 Å². The molecule has 4 aromatic rings. The van der Waals surface area contributed by atoms with Crippen molar-refractivity contribution < 1.29 is 9.84 Å². The summed E-state index contributed by atoms with van der Waals surface area (Å²) in [6, 6.07) is 13.5. The minimum absolute atomic E-state index is 0.0596. The summed E-state index contributed by atoms with van der Waals surface area (Å²) in [4.78, 5) is 16.2. The van der Waals surface area contributed by atoms with Gasteiger partial charge in [-0.3, -0.25) is 4.79 Å². The standard InChI is InChI=1S/C23H18ClNO3S/c1-28-16-7-3-6-14(11-16)18-20(26)19-17(21(24)29-23(19)25-22(18)27)15-9-8-12-4-2-5-13(12)10-15/h3,6-11H,2,4-5H2,1H3,(H2,25,26,27). The number of nitrogens with one attached hydrogen (secondary N) is 1. The zero-order valence-corrected chi connectivity index (χ0v) is 17.3. The minimum Gasteiger partial charge on any atom is -0.506 e. The number of ether oxygens (including phenoxy) is 1. The Morgan fingerprint density at radius 3 is 2.69 bits per heavy atom. The van der Waals surface area contributed by atoms with E-state index in [1.165, 1.54) is 22.5 Å². The van der Waals surface area contributed by atoms with Crippen LogP contribution in [0.2, 0.25) is 4.34 Å². The number of pyridine rings is 1. The van der Waals surface area contributed by atoms with E-state index in [9.17, 15) is 9.90 Å². The van der Waals surface area contributed by atoms with Crippen LogP contribution in [0.15, 0.2) is 47.3 Å². The average Bonchev–Trinajstić information content (AvgIpc) is 3.31. The number of halogens is 1. The molecule has 0 radical (unpaired) electrons. The summed E-state index contributed by atoms with van der Waals surface area (Å²) in [5.41, 5.74) is 4.87. The molecular weight excluding hydrogens is 406 g/mol. The van der Waals surface area contributed by atoms with Crippen molar-refractivity contribution in [3.05, 3.63) is 68.3 Å². The lowest BCUT2D eigenvalue weighted by molar-refractivity contribution is 0.415. The SMILES string of the molecule is COc1cccc(-c2c(O)c3c(-c4ccc5c(c4)CCC5)c(Cl)sc3[nH]c2=O)c1. The monoisotopic (exact) mass is 423 g/mol. The fourth-order valence-electron chi connectivity index (χ4n) is 4.15. The quantitative estimate of drug-likeness (QED) is 0.439. The molecule has 0 spiro atoms. The molecule has 0 saturated heterocycles. The summed E-state index contributed by atoms with van der Waals surface area (Å²) in [6.07, 6.45) is 3.32. The first-order chi connectivity index (χ1) is 14.1. The molecule has 1 aliphatic carbocycles. The summed E-state index contributed by atoms with van der Waals surface area (Å²) < 4.78 is 5.82. The van der Waals surface area contributed by atoms with Gasteiger partial charge < -0.3 is 14.8 Å². The number of aromatic hydroxyl groups is 1. The maximum atomic E-state index is 12.8. The summed E-state index contributed by atoms with van der Waals surface area (Å²) in [7, 11) is 1.57. The molecule has 0 saturated carbocycles. The number of rotatable bonds is 3. The van der Waals surface area contributed by atoms with Crippen molar-refractivity contribution in [1.82, 2.24) is 4.98 Å². The van der Waals surface area contributed by atoms with E-state index in [2.05, 4.69) is 17.1 Å². The van der Waals surface area contributed by atoms with Crippen LogP contribution in [0, 0.1) is 0 Å². The molecule has 4 nitrogen and oxygen atoms in total. The summed E-state index contributed by atoms with van der Waals surface area (Å²) >= 11 is 7.86. The Hall–Kier alpha value is -2.76. The molecule has 5 rings (SSSR count). The van der Waals surface area contributed by atoms with Crippen LogP contribution in [0.4, 0.5) is 0 Å². The fraction of sp³-hybridized carbons (Fsp3) is 0.174. The Morgan fingerprint density at radius 1 is 1.07 bits per heavy atom. The minimum atomic E-state index is -0.360. The normalized spacial score (nSPS) is 13.0. The molecule has 146 valence electrons. The molecule has 0 atom stereocenters. The van der Waals surface area contributed by atoms with Crippen LogP contribution in [0.3, 0.4) is 0 Å². The summed E-state index contributed by atoms with van der Waals surface area (Å²) in [6.45, 7) is 0. The first kappa shape index (κ1) is 18.3. The second kappa shape index (κ2) is 6.94. The van der Waals surface area contributed by atoms with Crippen LogP contribution < -0.4 is 10.3 Å². The third-order valence-electron chi connectivity index (χ3n) is 5.54. The number of hydrogen-bond acceptors (Lipinski definition) is 4. The van der Waals surface area contributed by atoms with Gasteiger partial charge in [0.1, 0.15) is 20.7 Å². The molecule has 0 aliphatic heterocycles. The highest BCUT2D eigenvalue weighted by Crippen LogP contribution is 2.47. The van der Waals surface area contributed by atoms with Crippen LogP contribution >= 0.6 is 22.9 Å². The summed E-state index contributed by atoms with van der Waals surface area (Å²) in [5.74, 6) is 0.555. The van der Waals surface area contributed by atoms with Crippen LogP contribution in [-0.2, 0) is 12.8 Å². The lowest BCUT2D eigenvalue weighted by Gasteiger charge is -2.10. The van der Waals surface area contributed by atoms with Crippen molar-refractivity contribution in [3.8, 4) is 33.8 Å². The van der Waals surface area contributed by atoms with Gasteiger partial charge in [-0.15, -0.1) is 11.3 Å². The fourth-order valence-corrected chi connectivity index (χ4v) is 5.53. The average molecular weight is 424 g/mol. The first-order valence-corrected chi connectivity index (χ1v) is 10.6. The molecular formula is C23H18ClNO3S. The van der Waals surface area contributed by atoms with E-state index in [1.54, 1.807) is 31.4 Å². The molecule has 29 heavy (non-hydrogen) atoms. The van der Waals surface area contributed by atoms with Crippen LogP contribution in [-0.4, -0.2) is 17.2 Å². The number of H-pyrrole nitrogens is 1. The topological polar surface area (TPSA) is 62.3 Å². The number of aromatic amines is 1. The Morgan fingerprint density at radius 2 is 1.86 bits per heavy atom. The molecule has 0 bridgehead atoms. The Labute approximate surface area is 176 Å². The van der Waals surface area contributed by atoms with Crippen molar-refractivity contribution in [2.75, 3.05) is 7.11 Å². The van der Waals surface area contributed by atoms with Gasteiger partial charge in [-0.2, -0.15) is 0 Å². The van der Waals surface area contributed by atoms with Gasteiger partial charge in [0.2, 0.25) is 0 Å². The Balaban J connectivity index is 1.78. The van der Waals surface area contributed by atoms with E-state index in [0.717, 1.165) is 30.4 Å². The number of hydrogen-bond donors (Lipinski definition) is 2. The number of aryl methyl sites for hydroxylation is 2. The second-order valence-corrected chi connectivity index (χ2v) is 8.82. The second-order valence-electron chi connectivity index (χ2n) is 7.20. The molecule has 2 heterocycles. The Bertz CT molecular complexity index is 1320. The van der Waals surface area contributed by atoms with Crippen molar-refractivity contribution in [3.63, 3.8) is 0 Å². The van der Waals surface area contributed by atoms with E-state index in [1.807, 2.05) is 6.07 Å². The predicted molar refractivity (Wildman–Crippen MR) is 119 cm³/mol. The first-order valence-electron chi connectivity index (χ1n) is 9.40. The van der Waals surface area contributed by atoms with Gasteiger partial charge in [0, 0.05) is 5.56 Å². The van der Waals surface area contributed by atoms with E-state index in [4.69, 9.17) is 16.3 Å². The third kappa shape index (κ3) is 2.93. The molecule has 0 fully saturated rings. The van der Waals surface area contributed by atoms with E-state index in [0.29, 0.717) is 25.9 Å². The van der Waals surface area contributed by atoms with Gasteiger partial charge in [0.25, 0.3) is 5.56 Å². The molecule has 2 N–H and O–H groups in total. The zero-order valence-electron chi connectivity index (χ0n) is 15.7. The number of fused-ring (bicyclic) bond motifs is 2. The molecule has 1 aliphatic rings. The van der Waals surface area contributed by atoms with E-state index >= 15 is 0 Å². The van der Waals surface area contributed by atoms with Gasteiger partial charge in [-0.25, -0.2) is 0 Å². The van der Waals surface area contributed by atoms with E-state index < -0.39 is 0 Å². The zero-order chi connectivity index (χ0) is 20.1. The van der Waals surface area contributed by atoms with Crippen LogP contribution in [0.1, 0.15) is 17.5 Å². The van der Waals surface area contributed by atoms with Crippen molar-refractivity contribution >= 4 is 33.2 Å². The maximum absolute atomic E-state index is 12.8. The van der Waals surface area contributed by atoms with E-state index in [-0.39, 0.29) is 16.9 Å². The lowest BCUT2D eigenvalue weighted by atomic mass is 9.98. The van der Waals surface area contributed by atoms with Crippen LogP contribution in [0.25, 0.3) is 32.5 Å². The van der Waals surface area contributed by atoms with Crippen molar-refractivity contribution in [1.29, 1.82) is 0 Å². The van der Waals surface area contributed by atoms with Gasteiger partial charge in [0.05, 0.1) is 18.1 Å². The highest BCUT2D eigenvalue weighted by molar-refractivity contribution is 7.23. The van der Waals surface area contributed by atoms with Gasteiger partial charge in [-0.05, 0) is 53.6 Å². The lowest BCUT2D eigenvalue weighted by Crippen LogP contribution is -2.08. The number of methoxy groups -OCH3 is 1. The third-order valence-corrected chi connectivity index (χ3v) is 6.85. The maximum Gasteiger partial charge on any atom is 0.260 e. The summed E-state index contributed by atoms with van der Waals surface area (Å²) in [5, 5.41) is 11.8. The van der Waals surface area contributed by atoms with Gasteiger partial charge >= 0.3 is 0 Å². The van der Waals surface area contributed by atoms with Gasteiger partial charge in [0.15, 0.2) is 0 Å². The Kier molecular flexibility index (Phi) is 4.37. The molecule has 2 aromatic carbocycles. The largest absolute Gasteiger partial charge is 0.506 e. The molecule has 0 amide bonds. The molecule has 0 unspecified atom stereocenters. The molecule has 6 heteroatoms. The predicted octanol–water partition coefficient (Wildman–Crippen LogP) is 5.78. The number of benzene rings is 2. The smallest absolute Gasteiger partial charge is 0.260 e. The van der Waals surface area contributed by atoms with Crippen molar-refractivity contribution in [2.24, 2.45) is 0 Å². The highest BCUT2D eigenvalue weighted by atomic mass is 35.5. The van der Waals surface area contributed by atoms with Gasteiger partial charge in [-0.1, -0.05) is 41.9 Å². The molecule has 2 aromatic heterocycles. The van der Waals surface area contributed by atoms with Crippen LogP contribution in [0.5, 0.6) is 11.5 Å².